The molecule has 110 valence electrons. The normalized spacial score (nSPS) is 10.2. The first-order valence-electron chi connectivity index (χ1n) is 6.80. The quantitative estimate of drug-likeness (QED) is 0.919. The number of rotatable bonds is 5. The van der Waals surface area contributed by atoms with Crippen LogP contribution >= 0.6 is 0 Å². The highest BCUT2D eigenvalue weighted by Gasteiger charge is 2.17. The molecular weight excluding hydrogens is 271 g/mol. The predicted molar refractivity (Wildman–Crippen MR) is 79.9 cm³/mol. The molecule has 1 aromatic heterocycles. The molecule has 0 radical (unpaired) electrons. The van der Waals surface area contributed by atoms with E-state index in [0.717, 1.165) is 6.54 Å². The van der Waals surface area contributed by atoms with Crippen molar-refractivity contribution < 1.29 is 9.18 Å². The molecule has 0 unspecified atom stereocenters. The zero-order valence-electron chi connectivity index (χ0n) is 12.0. The van der Waals surface area contributed by atoms with Crippen LogP contribution in [0.25, 0.3) is 0 Å². The number of anilines is 2. The Hall–Kier alpha value is -2.50. The molecule has 0 atom stereocenters. The number of aromatic nitrogens is 2. The standard InChI is InChI=1S/C15H17FN4O/c1-3-17-14-10-9-13(18-19-14)15(21)20(4-2)12-7-5-11(16)6-8-12/h5-10H,3-4H2,1-2H3,(H,17,19). The van der Waals surface area contributed by atoms with E-state index in [1.54, 1.807) is 24.3 Å². The molecule has 0 aliphatic rings. The van der Waals surface area contributed by atoms with Crippen molar-refractivity contribution >= 4 is 17.4 Å². The molecule has 5 nitrogen and oxygen atoms in total. The summed E-state index contributed by atoms with van der Waals surface area (Å²) in [7, 11) is 0. The molecule has 0 bridgehead atoms. The van der Waals surface area contributed by atoms with Gasteiger partial charge in [0.15, 0.2) is 5.69 Å². The van der Waals surface area contributed by atoms with Crippen molar-refractivity contribution in [2.24, 2.45) is 0 Å². The first kappa shape index (κ1) is 14.9. The number of benzene rings is 1. The average Bonchev–Trinajstić information content (AvgIpc) is 2.51. The molecular formula is C15H17FN4O. The van der Waals surface area contributed by atoms with Gasteiger partial charge in [0.1, 0.15) is 11.6 Å². The maximum atomic E-state index is 13.0. The summed E-state index contributed by atoms with van der Waals surface area (Å²) in [5, 5.41) is 10.9. The lowest BCUT2D eigenvalue weighted by atomic mass is 10.2. The highest BCUT2D eigenvalue weighted by Crippen LogP contribution is 2.17. The Morgan fingerprint density at radius 3 is 2.38 bits per heavy atom. The number of carbonyl (C=O) groups is 1. The van der Waals surface area contributed by atoms with Crippen LogP contribution in [0.15, 0.2) is 36.4 Å². The van der Waals surface area contributed by atoms with Gasteiger partial charge in [-0.2, -0.15) is 0 Å². The van der Waals surface area contributed by atoms with Crippen LogP contribution in [-0.4, -0.2) is 29.2 Å². The van der Waals surface area contributed by atoms with Crippen LogP contribution in [0.3, 0.4) is 0 Å². The first-order valence-corrected chi connectivity index (χ1v) is 6.80. The van der Waals surface area contributed by atoms with E-state index in [1.165, 1.54) is 17.0 Å². The van der Waals surface area contributed by atoms with Crippen molar-refractivity contribution in [2.45, 2.75) is 13.8 Å². The van der Waals surface area contributed by atoms with Gasteiger partial charge in [-0.05, 0) is 50.2 Å². The number of nitrogens with zero attached hydrogens (tertiary/aromatic N) is 3. The van der Waals surface area contributed by atoms with Gasteiger partial charge < -0.3 is 10.2 Å². The topological polar surface area (TPSA) is 58.1 Å². The Bertz CT molecular complexity index is 598. The van der Waals surface area contributed by atoms with Crippen molar-refractivity contribution in [1.29, 1.82) is 0 Å². The zero-order chi connectivity index (χ0) is 15.2. The third kappa shape index (κ3) is 3.53. The van der Waals surface area contributed by atoms with Gasteiger partial charge in [0.25, 0.3) is 5.91 Å². The number of hydrogen-bond acceptors (Lipinski definition) is 4. The molecule has 0 saturated heterocycles. The minimum Gasteiger partial charge on any atom is -0.369 e. The highest BCUT2D eigenvalue weighted by atomic mass is 19.1. The summed E-state index contributed by atoms with van der Waals surface area (Å²) in [5.41, 5.74) is 0.879. The molecule has 0 aliphatic carbocycles. The molecule has 2 rings (SSSR count). The minimum atomic E-state index is -0.336. The van der Waals surface area contributed by atoms with E-state index >= 15 is 0 Å². The van der Waals surface area contributed by atoms with E-state index in [2.05, 4.69) is 15.5 Å². The Labute approximate surface area is 122 Å². The van der Waals surface area contributed by atoms with Gasteiger partial charge in [-0.1, -0.05) is 0 Å². The third-order valence-electron chi connectivity index (χ3n) is 2.94. The van der Waals surface area contributed by atoms with Crippen LogP contribution in [-0.2, 0) is 0 Å². The zero-order valence-corrected chi connectivity index (χ0v) is 12.0. The Morgan fingerprint density at radius 1 is 1.14 bits per heavy atom. The van der Waals surface area contributed by atoms with Crippen LogP contribution in [0.4, 0.5) is 15.9 Å². The smallest absolute Gasteiger partial charge is 0.278 e. The fourth-order valence-electron chi connectivity index (χ4n) is 1.92. The molecule has 1 amide bonds. The van der Waals surface area contributed by atoms with E-state index in [-0.39, 0.29) is 17.4 Å². The molecule has 0 fully saturated rings. The summed E-state index contributed by atoms with van der Waals surface area (Å²) in [6.07, 6.45) is 0. The summed E-state index contributed by atoms with van der Waals surface area (Å²) >= 11 is 0. The van der Waals surface area contributed by atoms with E-state index in [4.69, 9.17) is 0 Å². The molecule has 0 aliphatic heterocycles. The summed E-state index contributed by atoms with van der Waals surface area (Å²) in [6, 6.07) is 9.12. The van der Waals surface area contributed by atoms with E-state index in [1.807, 2.05) is 13.8 Å². The van der Waals surface area contributed by atoms with Crippen LogP contribution in [0.5, 0.6) is 0 Å². The lowest BCUT2D eigenvalue weighted by Crippen LogP contribution is -2.31. The fraction of sp³-hybridized carbons (Fsp3) is 0.267. The van der Waals surface area contributed by atoms with Gasteiger partial charge in [0, 0.05) is 18.8 Å². The van der Waals surface area contributed by atoms with Crippen LogP contribution < -0.4 is 10.2 Å². The maximum Gasteiger partial charge on any atom is 0.278 e. The van der Waals surface area contributed by atoms with Crippen LogP contribution in [0, 0.1) is 5.82 Å². The summed E-state index contributed by atoms with van der Waals surface area (Å²) in [6.45, 7) is 5.00. The number of amides is 1. The highest BCUT2D eigenvalue weighted by molar-refractivity contribution is 6.04. The second-order valence-electron chi connectivity index (χ2n) is 4.36. The van der Waals surface area contributed by atoms with Crippen LogP contribution in [0.1, 0.15) is 24.3 Å². The van der Waals surface area contributed by atoms with Gasteiger partial charge >= 0.3 is 0 Å². The van der Waals surface area contributed by atoms with E-state index < -0.39 is 0 Å². The summed E-state index contributed by atoms with van der Waals surface area (Å²) < 4.78 is 13.0. The monoisotopic (exact) mass is 288 g/mol. The number of carbonyl (C=O) groups excluding carboxylic acids is 1. The van der Waals surface area contributed by atoms with Gasteiger partial charge in [0.2, 0.25) is 0 Å². The molecule has 1 N–H and O–H groups in total. The summed E-state index contributed by atoms with van der Waals surface area (Å²) in [5.74, 6) is 0.0237. The largest absolute Gasteiger partial charge is 0.369 e. The summed E-state index contributed by atoms with van der Waals surface area (Å²) in [4.78, 5) is 14.0. The second-order valence-corrected chi connectivity index (χ2v) is 4.36. The molecule has 21 heavy (non-hydrogen) atoms. The van der Waals surface area contributed by atoms with Crippen molar-refractivity contribution in [3.05, 3.63) is 47.9 Å². The SMILES string of the molecule is CCNc1ccc(C(=O)N(CC)c2ccc(F)cc2)nn1. The van der Waals surface area contributed by atoms with Crippen molar-refractivity contribution in [3.63, 3.8) is 0 Å². The maximum absolute atomic E-state index is 13.0. The Morgan fingerprint density at radius 2 is 1.86 bits per heavy atom. The molecule has 0 spiro atoms. The van der Waals surface area contributed by atoms with Gasteiger partial charge in [-0.25, -0.2) is 4.39 Å². The van der Waals surface area contributed by atoms with Crippen molar-refractivity contribution in [2.75, 3.05) is 23.3 Å². The molecule has 1 aromatic carbocycles. The minimum absolute atomic E-state index is 0.253. The second kappa shape index (κ2) is 6.78. The van der Waals surface area contributed by atoms with Gasteiger partial charge in [-0.3, -0.25) is 4.79 Å². The van der Waals surface area contributed by atoms with Crippen molar-refractivity contribution in [3.8, 4) is 0 Å². The fourth-order valence-corrected chi connectivity index (χ4v) is 1.92. The number of hydrogen-bond donors (Lipinski definition) is 1. The lowest BCUT2D eigenvalue weighted by molar-refractivity contribution is 0.0982. The number of halogens is 1. The van der Waals surface area contributed by atoms with E-state index in [9.17, 15) is 9.18 Å². The van der Waals surface area contributed by atoms with Gasteiger partial charge in [0.05, 0.1) is 0 Å². The Balaban J connectivity index is 2.21. The molecule has 1 heterocycles. The Kier molecular flexibility index (Phi) is 4.81. The van der Waals surface area contributed by atoms with Gasteiger partial charge in [-0.15, -0.1) is 10.2 Å². The average molecular weight is 288 g/mol. The molecule has 6 heteroatoms. The van der Waals surface area contributed by atoms with E-state index in [0.29, 0.717) is 18.1 Å². The predicted octanol–water partition coefficient (Wildman–Crippen LogP) is 2.71. The first-order chi connectivity index (χ1) is 10.2. The van der Waals surface area contributed by atoms with Crippen LogP contribution in [0.2, 0.25) is 0 Å². The number of nitrogens with one attached hydrogen (secondary N) is 1. The third-order valence-corrected chi connectivity index (χ3v) is 2.94. The lowest BCUT2D eigenvalue weighted by Gasteiger charge is -2.20. The molecule has 0 saturated carbocycles. The van der Waals surface area contributed by atoms with Crippen molar-refractivity contribution in [1.82, 2.24) is 10.2 Å². The molecule has 2 aromatic rings.